The zero-order valence-electron chi connectivity index (χ0n) is 15.8. The number of nitrogens with one attached hydrogen (secondary N) is 2. The molecule has 2 N–H and O–H groups in total. The van der Waals surface area contributed by atoms with Crippen LogP contribution in [-0.2, 0) is 19.1 Å². The average molecular weight is 461 g/mol. The second-order valence-corrected chi connectivity index (χ2v) is 6.57. The third kappa shape index (κ3) is 7.79. The van der Waals surface area contributed by atoms with E-state index in [1.54, 1.807) is 36.4 Å². The van der Waals surface area contributed by atoms with Crippen LogP contribution in [0, 0.1) is 0 Å². The van der Waals surface area contributed by atoms with E-state index in [4.69, 9.17) is 9.47 Å². The predicted octanol–water partition coefficient (Wildman–Crippen LogP) is 3.16. The second-order valence-electron chi connectivity index (χ2n) is 5.72. The number of carbonyl (C=O) groups is 3. The van der Waals surface area contributed by atoms with Crippen molar-refractivity contribution >= 4 is 45.5 Å². The van der Waals surface area contributed by atoms with Crippen LogP contribution in [-0.4, -0.2) is 37.5 Å². The number of hydrogen-bond donors (Lipinski definition) is 2. The molecule has 0 saturated heterocycles. The maximum absolute atomic E-state index is 11.9. The van der Waals surface area contributed by atoms with Crippen LogP contribution in [0.1, 0.15) is 12.5 Å². The molecule has 0 aliphatic carbocycles. The van der Waals surface area contributed by atoms with E-state index in [-0.39, 0.29) is 6.54 Å². The summed E-state index contributed by atoms with van der Waals surface area (Å²) in [6, 6.07) is 14.3. The molecule has 0 bridgehead atoms. The molecule has 2 aromatic carbocycles. The molecule has 7 nitrogen and oxygen atoms in total. The summed E-state index contributed by atoms with van der Waals surface area (Å²) in [5.74, 6) is -1.01. The summed E-state index contributed by atoms with van der Waals surface area (Å²) in [6.45, 7) is 1.64. The number of amides is 2. The predicted molar refractivity (Wildman–Crippen MR) is 113 cm³/mol. The van der Waals surface area contributed by atoms with Gasteiger partial charge in [-0.25, -0.2) is 4.79 Å². The number of hydrogen-bond acceptors (Lipinski definition) is 5. The number of carbonyl (C=O) groups excluding carboxylic acids is 3. The number of anilines is 1. The summed E-state index contributed by atoms with van der Waals surface area (Å²) >= 11 is 3.32. The molecule has 0 spiro atoms. The number of ether oxygens (including phenoxy) is 2. The molecule has 0 saturated carbocycles. The van der Waals surface area contributed by atoms with Crippen LogP contribution in [0.4, 0.5) is 5.69 Å². The van der Waals surface area contributed by atoms with Crippen molar-refractivity contribution < 1.29 is 23.9 Å². The van der Waals surface area contributed by atoms with Gasteiger partial charge in [-0.05, 0) is 47.1 Å². The van der Waals surface area contributed by atoms with Gasteiger partial charge in [-0.3, -0.25) is 9.59 Å². The van der Waals surface area contributed by atoms with Crippen molar-refractivity contribution in [1.82, 2.24) is 5.32 Å². The number of esters is 1. The fourth-order valence-corrected chi connectivity index (χ4v) is 2.62. The van der Waals surface area contributed by atoms with Crippen LogP contribution in [0.25, 0.3) is 6.08 Å². The Hall–Kier alpha value is -3.13. The van der Waals surface area contributed by atoms with E-state index < -0.39 is 24.4 Å². The lowest BCUT2D eigenvalue weighted by atomic mass is 10.2. The van der Waals surface area contributed by atoms with Gasteiger partial charge in [-0.2, -0.15) is 0 Å². The largest absolute Gasteiger partial charge is 0.493 e. The van der Waals surface area contributed by atoms with Crippen LogP contribution < -0.4 is 15.4 Å². The SMILES string of the molecule is CCOc1ccccc1/C=C/C(=O)OCC(=O)NCC(=O)Nc1ccccc1Br. The van der Waals surface area contributed by atoms with Gasteiger partial charge in [0.15, 0.2) is 6.61 Å². The molecule has 152 valence electrons. The maximum Gasteiger partial charge on any atom is 0.331 e. The lowest BCUT2D eigenvalue weighted by Gasteiger charge is -2.08. The monoisotopic (exact) mass is 460 g/mol. The molecular formula is C21H21BrN2O5. The van der Waals surface area contributed by atoms with Crippen molar-refractivity contribution in [3.63, 3.8) is 0 Å². The molecule has 2 amide bonds. The lowest BCUT2D eigenvalue weighted by Crippen LogP contribution is -2.35. The minimum atomic E-state index is -0.677. The minimum absolute atomic E-state index is 0.241. The topological polar surface area (TPSA) is 93.7 Å². The molecule has 2 aromatic rings. The summed E-state index contributed by atoms with van der Waals surface area (Å²) < 4.78 is 11.1. The number of rotatable bonds is 9. The smallest absolute Gasteiger partial charge is 0.331 e. The van der Waals surface area contributed by atoms with Crippen molar-refractivity contribution in [3.8, 4) is 5.75 Å². The van der Waals surface area contributed by atoms with Gasteiger partial charge in [-0.1, -0.05) is 30.3 Å². The fraction of sp³-hybridized carbons (Fsp3) is 0.190. The highest BCUT2D eigenvalue weighted by molar-refractivity contribution is 9.10. The Balaban J connectivity index is 1.74. The number of para-hydroxylation sites is 2. The molecular weight excluding hydrogens is 440 g/mol. The van der Waals surface area contributed by atoms with Crippen molar-refractivity contribution in [2.75, 3.05) is 25.1 Å². The van der Waals surface area contributed by atoms with Crippen LogP contribution in [0.2, 0.25) is 0 Å². The molecule has 2 rings (SSSR count). The van der Waals surface area contributed by atoms with E-state index in [2.05, 4.69) is 26.6 Å². The Morgan fingerprint density at radius 1 is 1.03 bits per heavy atom. The third-order valence-electron chi connectivity index (χ3n) is 3.56. The summed E-state index contributed by atoms with van der Waals surface area (Å²) in [5.41, 5.74) is 1.31. The minimum Gasteiger partial charge on any atom is -0.493 e. The Morgan fingerprint density at radius 3 is 2.52 bits per heavy atom. The molecule has 8 heteroatoms. The number of halogens is 1. The van der Waals surface area contributed by atoms with Crippen molar-refractivity contribution in [2.24, 2.45) is 0 Å². The Bertz CT molecular complexity index is 898. The standard InChI is InChI=1S/C21H21BrN2O5/c1-2-28-18-10-6-3-7-15(18)11-12-21(27)29-14-20(26)23-13-19(25)24-17-9-5-4-8-16(17)22/h3-12H,2,13-14H2,1H3,(H,23,26)(H,24,25)/b12-11+. The highest BCUT2D eigenvalue weighted by atomic mass is 79.9. The zero-order chi connectivity index (χ0) is 21.1. The van der Waals surface area contributed by atoms with E-state index in [1.165, 1.54) is 6.08 Å². The summed E-state index contributed by atoms with van der Waals surface area (Å²) in [7, 11) is 0. The van der Waals surface area contributed by atoms with Crippen LogP contribution in [0.3, 0.4) is 0 Å². The first-order valence-electron chi connectivity index (χ1n) is 8.87. The molecule has 0 aliphatic rings. The van der Waals surface area contributed by atoms with E-state index >= 15 is 0 Å². The van der Waals surface area contributed by atoms with Gasteiger partial charge in [0.2, 0.25) is 5.91 Å². The first kappa shape index (κ1) is 22.2. The Morgan fingerprint density at radius 2 is 1.76 bits per heavy atom. The normalized spacial score (nSPS) is 10.4. The van der Waals surface area contributed by atoms with E-state index in [0.29, 0.717) is 18.0 Å². The molecule has 29 heavy (non-hydrogen) atoms. The third-order valence-corrected chi connectivity index (χ3v) is 4.25. The molecule has 0 atom stereocenters. The van der Waals surface area contributed by atoms with Gasteiger partial charge >= 0.3 is 5.97 Å². The molecule has 0 radical (unpaired) electrons. The summed E-state index contributed by atoms with van der Waals surface area (Å²) in [6.07, 6.45) is 2.77. The van der Waals surface area contributed by atoms with E-state index in [1.807, 2.05) is 25.1 Å². The first-order chi connectivity index (χ1) is 14.0. The highest BCUT2D eigenvalue weighted by Crippen LogP contribution is 2.21. The van der Waals surface area contributed by atoms with Crippen LogP contribution in [0.15, 0.2) is 59.1 Å². The van der Waals surface area contributed by atoms with Crippen molar-refractivity contribution in [1.29, 1.82) is 0 Å². The van der Waals surface area contributed by atoms with Gasteiger partial charge in [0, 0.05) is 16.1 Å². The lowest BCUT2D eigenvalue weighted by molar-refractivity contribution is -0.143. The Labute approximate surface area is 177 Å². The van der Waals surface area contributed by atoms with E-state index in [0.717, 1.165) is 10.0 Å². The second kappa shape index (κ2) is 11.7. The average Bonchev–Trinajstić information content (AvgIpc) is 2.72. The fourth-order valence-electron chi connectivity index (χ4n) is 2.23. The van der Waals surface area contributed by atoms with Crippen molar-refractivity contribution in [3.05, 3.63) is 64.6 Å². The van der Waals surface area contributed by atoms with Gasteiger partial charge in [0.1, 0.15) is 5.75 Å². The van der Waals surface area contributed by atoms with Gasteiger partial charge in [-0.15, -0.1) is 0 Å². The molecule has 0 fully saturated rings. The quantitative estimate of drug-likeness (QED) is 0.442. The van der Waals surface area contributed by atoms with Crippen molar-refractivity contribution in [2.45, 2.75) is 6.92 Å². The molecule has 0 unspecified atom stereocenters. The first-order valence-corrected chi connectivity index (χ1v) is 9.66. The number of benzene rings is 2. The highest BCUT2D eigenvalue weighted by Gasteiger charge is 2.09. The molecule has 0 heterocycles. The van der Waals surface area contributed by atoms with Gasteiger partial charge in [0.05, 0.1) is 18.8 Å². The Kier molecular flexibility index (Phi) is 8.91. The summed E-state index contributed by atoms with van der Waals surface area (Å²) in [4.78, 5) is 35.4. The van der Waals surface area contributed by atoms with Crippen LogP contribution >= 0.6 is 15.9 Å². The van der Waals surface area contributed by atoms with Gasteiger partial charge < -0.3 is 20.1 Å². The van der Waals surface area contributed by atoms with Crippen LogP contribution in [0.5, 0.6) is 5.75 Å². The van der Waals surface area contributed by atoms with E-state index in [9.17, 15) is 14.4 Å². The maximum atomic E-state index is 11.9. The molecule has 0 aromatic heterocycles. The van der Waals surface area contributed by atoms with Gasteiger partial charge in [0.25, 0.3) is 5.91 Å². The zero-order valence-corrected chi connectivity index (χ0v) is 17.4. The molecule has 0 aliphatic heterocycles. The summed E-state index contributed by atoms with van der Waals surface area (Å²) in [5, 5.41) is 5.04.